The van der Waals surface area contributed by atoms with Crippen LogP contribution in [0.25, 0.3) is 0 Å². The van der Waals surface area contributed by atoms with Gasteiger partial charge in [-0.1, -0.05) is 10.9 Å². The molecule has 4 nitrogen and oxygen atoms in total. The minimum absolute atomic E-state index is 0.182. The Morgan fingerprint density at radius 1 is 1.64 bits per heavy atom. The summed E-state index contributed by atoms with van der Waals surface area (Å²) in [6, 6.07) is 2.70. The summed E-state index contributed by atoms with van der Waals surface area (Å²) in [6.07, 6.45) is 3.30. The molecule has 0 aromatic carbocycles. The van der Waals surface area contributed by atoms with Crippen LogP contribution in [0.2, 0.25) is 0 Å². The van der Waals surface area contributed by atoms with E-state index in [4.69, 9.17) is 5.26 Å². The van der Waals surface area contributed by atoms with E-state index < -0.39 is 0 Å². The number of nitrogens with zero attached hydrogens (tertiary/aromatic N) is 3. The second-order valence-corrected chi connectivity index (χ2v) is 4.16. The second kappa shape index (κ2) is 4.49. The molecule has 1 N–H and O–H groups in total. The van der Waals surface area contributed by atoms with Crippen LogP contribution >= 0.6 is 11.5 Å². The van der Waals surface area contributed by atoms with Crippen LogP contribution in [-0.2, 0) is 6.54 Å². The van der Waals surface area contributed by atoms with Crippen LogP contribution < -0.4 is 5.32 Å². The lowest BCUT2D eigenvalue weighted by atomic mass is 10.1. The van der Waals surface area contributed by atoms with Gasteiger partial charge in [-0.2, -0.15) is 5.26 Å². The summed E-state index contributed by atoms with van der Waals surface area (Å²) < 4.78 is 3.79. The van der Waals surface area contributed by atoms with Crippen molar-refractivity contribution in [1.29, 1.82) is 5.26 Å². The highest BCUT2D eigenvalue weighted by atomic mass is 32.1. The van der Waals surface area contributed by atoms with Crippen molar-refractivity contribution >= 4 is 11.5 Å². The molecule has 5 heteroatoms. The van der Waals surface area contributed by atoms with E-state index in [1.807, 2.05) is 5.38 Å². The molecule has 0 aliphatic heterocycles. The molecule has 0 bridgehead atoms. The number of nitriles is 1. The zero-order chi connectivity index (χ0) is 9.80. The second-order valence-electron chi connectivity index (χ2n) is 3.55. The molecule has 2 unspecified atom stereocenters. The Morgan fingerprint density at radius 3 is 3.29 bits per heavy atom. The lowest BCUT2D eigenvalue weighted by molar-refractivity contribution is 0.461. The van der Waals surface area contributed by atoms with Crippen molar-refractivity contribution in [3.8, 4) is 6.07 Å². The molecule has 1 saturated carbocycles. The first-order valence-corrected chi connectivity index (χ1v) is 5.63. The zero-order valence-corrected chi connectivity index (χ0v) is 8.63. The molecule has 1 fully saturated rings. The van der Waals surface area contributed by atoms with Crippen LogP contribution in [-0.4, -0.2) is 15.6 Å². The Kier molecular flexibility index (Phi) is 3.07. The van der Waals surface area contributed by atoms with E-state index in [1.165, 1.54) is 11.5 Å². The molecule has 1 aliphatic rings. The van der Waals surface area contributed by atoms with Gasteiger partial charge in [-0.3, -0.25) is 0 Å². The Labute approximate surface area is 87.1 Å². The Bertz CT molecular complexity index is 316. The van der Waals surface area contributed by atoms with Gasteiger partial charge in [0, 0.05) is 18.0 Å². The topological polar surface area (TPSA) is 61.6 Å². The lowest BCUT2D eigenvalue weighted by Crippen LogP contribution is -2.31. The largest absolute Gasteiger partial charge is 0.307 e. The van der Waals surface area contributed by atoms with E-state index in [2.05, 4.69) is 21.0 Å². The Balaban J connectivity index is 1.83. The van der Waals surface area contributed by atoms with Gasteiger partial charge in [0.1, 0.15) is 0 Å². The Hall–Kier alpha value is -0.990. The quantitative estimate of drug-likeness (QED) is 0.813. The number of hydrogen-bond donors (Lipinski definition) is 1. The number of nitrogens with one attached hydrogen (secondary N) is 1. The van der Waals surface area contributed by atoms with Gasteiger partial charge in [-0.25, -0.2) is 0 Å². The molecule has 0 saturated heterocycles. The summed E-state index contributed by atoms with van der Waals surface area (Å²) in [6.45, 7) is 0.735. The van der Waals surface area contributed by atoms with Crippen LogP contribution in [0.3, 0.4) is 0 Å². The van der Waals surface area contributed by atoms with Crippen molar-refractivity contribution in [3.05, 3.63) is 11.1 Å². The fourth-order valence-electron chi connectivity index (χ4n) is 1.86. The van der Waals surface area contributed by atoms with Crippen LogP contribution in [0.15, 0.2) is 5.38 Å². The normalized spacial score (nSPS) is 26.2. The van der Waals surface area contributed by atoms with Crippen LogP contribution in [0.5, 0.6) is 0 Å². The summed E-state index contributed by atoms with van der Waals surface area (Å²) in [5, 5.41) is 18.1. The molecule has 74 valence electrons. The minimum atomic E-state index is 0.182. The van der Waals surface area contributed by atoms with E-state index in [9.17, 15) is 0 Å². The van der Waals surface area contributed by atoms with Crippen molar-refractivity contribution in [2.75, 3.05) is 0 Å². The third kappa shape index (κ3) is 2.08. The number of aromatic nitrogens is 2. The van der Waals surface area contributed by atoms with E-state index in [1.54, 1.807) is 0 Å². The number of rotatable bonds is 3. The number of hydrogen-bond acceptors (Lipinski definition) is 5. The van der Waals surface area contributed by atoms with Crippen LogP contribution in [0.4, 0.5) is 0 Å². The molecule has 1 aromatic heterocycles. The average molecular weight is 208 g/mol. The minimum Gasteiger partial charge on any atom is -0.307 e. The SMILES string of the molecule is N#CC1CCCC1NCc1csnn1. The van der Waals surface area contributed by atoms with Gasteiger partial charge in [0.15, 0.2) is 0 Å². The fourth-order valence-corrected chi connectivity index (χ4v) is 2.31. The standard InChI is InChI=1S/C9H12N4S/c10-4-7-2-1-3-9(7)11-5-8-6-14-13-12-8/h6-7,9,11H,1-3,5H2. The van der Waals surface area contributed by atoms with Crippen molar-refractivity contribution in [3.63, 3.8) is 0 Å². The van der Waals surface area contributed by atoms with Crippen molar-refractivity contribution in [1.82, 2.24) is 14.9 Å². The molecule has 0 spiro atoms. The van der Waals surface area contributed by atoms with Gasteiger partial charge in [0.2, 0.25) is 0 Å². The smallest absolute Gasteiger partial charge is 0.0893 e. The summed E-state index contributed by atoms with van der Waals surface area (Å²) in [4.78, 5) is 0. The first-order chi connectivity index (χ1) is 6.90. The molecular weight excluding hydrogens is 196 g/mol. The molecule has 1 aliphatic carbocycles. The predicted molar refractivity (Wildman–Crippen MR) is 53.5 cm³/mol. The molecule has 0 radical (unpaired) electrons. The van der Waals surface area contributed by atoms with Gasteiger partial charge in [-0.05, 0) is 24.4 Å². The maximum atomic E-state index is 8.88. The van der Waals surface area contributed by atoms with E-state index >= 15 is 0 Å². The Morgan fingerprint density at radius 2 is 2.57 bits per heavy atom. The molecule has 0 amide bonds. The van der Waals surface area contributed by atoms with Crippen molar-refractivity contribution < 1.29 is 0 Å². The highest BCUT2D eigenvalue weighted by Crippen LogP contribution is 2.24. The van der Waals surface area contributed by atoms with Crippen LogP contribution in [0, 0.1) is 17.2 Å². The molecule has 1 aromatic rings. The van der Waals surface area contributed by atoms with Gasteiger partial charge >= 0.3 is 0 Å². The van der Waals surface area contributed by atoms with Crippen LogP contribution in [0.1, 0.15) is 25.0 Å². The van der Waals surface area contributed by atoms with E-state index in [0.717, 1.165) is 31.5 Å². The van der Waals surface area contributed by atoms with E-state index in [-0.39, 0.29) is 5.92 Å². The first kappa shape index (κ1) is 9.56. The summed E-state index contributed by atoms with van der Waals surface area (Å²) in [7, 11) is 0. The average Bonchev–Trinajstić information content (AvgIpc) is 2.85. The van der Waals surface area contributed by atoms with Crippen molar-refractivity contribution in [2.45, 2.75) is 31.8 Å². The van der Waals surface area contributed by atoms with Gasteiger partial charge in [0.05, 0.1) is 17.7 Å². The van der Waals surface area contributed by atoms with Gasteiger partial charge in [0.25, 0.3) is 0 Å². The van der Waals surface area contributed by atoms with Gasteiger partial charge in [-0.15, -0.1) is 5.10 Å². The highest BCUT2D eigenvalue weighted by Gasteiger charge is 2.26. The summed E-state index contributed by atoms with van der Waals surface area (Å²) >= 11 is 1.36. The zero-order valence-electron chi connectivity index (χ0n) is 7.81. The maximum Gasteiger partial charge on any atom is 0.0893 e. The highest BCUT2D eigenvalue weighted by molar-refractivity contribution is 7.03. The van der Waals surface area contributed by atoms with Gasteiger partial charge < -0.3 is 5.32 Å². The summed E-state index contributed by atoms with van der Waals surface area (Å²) in [5.41, 5.74) is 0.971. The monoisotopic (exact) mass is 208 g/mol. The molecular formula is C9H12N4S. The summed E-state index contributed by atoms with van der Waals surface area (Å²) in [5.74, 6) is 0.182. The predicted octanol–water partition coefficient (Wildman–Crippen LogP) is 1.32. The first-order valence-electron chi connectivity index (χ1n) is 4.79. The third-order valence-electron chi connectivity index (χ3n) is 2.63. The third-order valence-corrected chi connectivity index (χ3v) is 3.19. The van der Waals surface area contributed by atoms with E-state index in [0.29, 0.717) is 6.04 Å². The molecule has 2 rings (SSSR count). The molecule has 14 heavy (non-hydrogen) atoms. The fraction of sp³-hybridized carbons (Fsp3) is 0.667. The maximum absolute atomic E-state index is 8.88. The molecule has 1 heterocycles. The van der Waals surface area contributed by atoms with Crippen molar-refractivity contribution in [2.24, 2.45) is 5.92 Å². The molecule has 2 atom stereocenters. The lowest BCUT2D eigenvalue weighted by Gasteiger charge is -2.13.